The maximum absolute atomic E-state index is 12.5. The summed E-state index contributed by atoms with van der Waals surface area (Å²) in [5.74, 6) is 1.14. The fraction of sp³-hybridized carbons (Fsp3) is 0.333. The summed E-state index contributed by atoms with van der Waals surface area (Å²) in [5, 5.41) is 12.2. The number of amides is 1. The summed E-state index contributed by atoms with van der Waals surface area (Å²) in [6.07, 6.45) is 0.963. The Morgan fingerprint density at radius 1 is 1.00 bits per heavy atom. The second kappa shape index (κ2) is 17.1. The Hall–Kier alpha value is -3.54. The van der Waals surface area contributed by atoms with Crippen LogP contribution in [0.1, 0.15) is 63.2 Å². The maximum Gasteiger partial charge on any atom is 0.293 e. The van der Waals surface area contributed by atoms with Crippen LogP contribution in [0.4, 0.5) is 5.69 Å². The smallest absolute Gasteiger partial charge is 0.293 e. The van der Waals surface area contributed by atoms with Crippen molar-refractivity contribution in [3.8, 4) is 17.1 Å². The van der Waals surface area contributed by atoms with Crippen molar-refractivity contribution in [3.05, 3.63) is 71.5 Å². The first-order chi connectivity index (χ1) is 16.0. The number of rotatable bonds is 6. The number of phenolic OH excluding ortho intramolecular Hbond substituents is 1. The normalized spacial score (nSPS) is 9.06. The van der Waals surface area contributed by atoms with Gasteiger partial charge in [-0.2, -0.15) is 0 Å². The van der Waals surface area contributed by atoms with Crippen LogP contribution >= 0.6 is 0 Å². The Balaban J connectivity index is 0.000000991. The van der Waals surface area contributed by atoms with Gasteiger partial charge in [0, 0.05) is 11.3 Å². The molecule has 0 bridgehead atoms. The summed E-state index contributed by atoms with van der Waals surface area (Å²) in [6, 6.07) is 16.2. The number of ether oxygens (including phenoxy) is 1. The molecule has 3 rings (SSSR count). The molecular weight excluding hydrogens is 418 g/mol. The number of nitrogens with one attached hydrogen (secondary N) is 1. The lowest BCUT2D eigenvalue weighted by atomic mass is 10.1. The summed E-state index contributed by atoms with van der Waals surface area (Å²) in [6.45, 7) is 14.5. The summed E-state index contributed by atoms with van der Waals surface area (Å²) in [5.41, 5.74) is 3.28. The molecule has 180 valence electrons. The highest BCUT2D eigenvalue weighted by Crippen LogP contribution is 2.27. The quantitative estimate of drug-likeness (QED) is 0.390. The molecule has 1 aromatic heterocycles. The molecule has 0 spiro atoms. The predicted octanol–water partition coefficient (Wildman–Crippen LogP) is 7.01. The minimum Gasteiger partial charge on any atom is -0.508 e. The average Bonchev–Trinajstić information content (AvgIpc) is 3.25. The van der Waals surface area contributed by atoms with E-state index >= 15 is 0 Å². The van der Waals surface area contributed by atoms with E-state index in [2.05, 4.69) is 17.0 Å². The molecule has 0 unspecified atom stereocenters. The van der Waals surface area contributed by atoms with Gasteiger partial charge in [-0.05, 0) is 68.3 Å². The second-order valence-corrected chi connectivity index (χ2v) is 6.18. The van der Waals surface area contributed by atoms with E-state index < -0.39 is 0 Å². The molecular formula is C27H37NO5. The highest BCUT2D eigenvalue weighted by Gasteiger charge is 2.16. The fourth-order valence-corrected chi connectivity index (χ4v) is 2.57. The van der Waals surface area contributed by atoms with Crippen molar-refractivity contribution in [2.24, 2.45) is 0 Å². The molecule has 3 aromatic rings. The van der Waals surface area contributed by atoms with Gasteiger partial charge in [0.25, 0.3) is 12.4 Å². The minimum absolute atomic E-state index is 0.190. The van der Waals surface area contributed by atoms with E-state index in [-0.39, 0.29) is 11.7 Å². The summed E-state index contributed by atoms with van der Waals surface area (Å²) >= 11 is 0. The van der Waals surface area contributed by atoms with Crippen molar-refractivity contribution in [2.45, 2.75) is 54.9 Å². The lowest BCUT2D eigenvalue weighted by Gasteiger charge is -2.05. The monoisotopic (exact) mass is 455 g/mol. The van der Waals surface area contributed by atoms with Gasteiger partial charge in [0.15, 0.2) is 0 Å². The van der Waals surface area contributed by atoms with Crippen molar-refractivity contribution in [1.29, 1.82) is 0 Å². The lowest BCUT2D eigenvalue weighted by Crippen LogP contribution is -2.12. The molecule has 0 aliphatic carbocycles. The third-order valence-electron chi connectivity index (χ3n) is 4.17. The van der Waals surface area contributed by atoms with Crippen LogP contribution in [0, 0.1) is 6.92 Å². The molecule has 33 heavy (non-hydrogen) atoms. The van der Waals surface area contributed by atoms with E-state index in [4.69, 9.17) is 4.42 Å². The van der Waals surface area contributed by atoms with Crippen molar-refractivity contribution in [2.75, 3.05) is 11.9 Å². The Bertz CT molecular complexity index is 928. The van der Waals surface area contributed by atoms with Crippen LogP contribution in [-0.4, -0.2) is 24.1 Å². The predicted molar refractivity (Wildman–Crippen MR) is 135 cm³/mol. The SMILES string of the molecule is CC.CC.CCOC=O.CCc1ccc(NC(=O)c2cc(-c3ccc(O)cc3)oc2C)cc1. The zero-order chi connectivity index (χ0) is 25.2. The second-order valence-electron chi connectivity index (χ2n) is 6.18. The van der Waals surface area contributed by atoms with E-state index in [9.17, 15) is 14.7 Å². The molecule has 0 aliphatic rings. The molecule has 0 fully saturated rings. The van der Waals surface area contributed by atoms with Gasteiger partial charge >= 0.3 is 0 Å². The molecule has 0 radical (unpaired) electrons. The van der Waals surface area contributed by atoms with Crippen LogP contribution in [0.5, 0.6) is 5.75 Å². The van der Waals surface area contributed by atoms with E-state index in [0.717, 1.165) is 17.7 Å². The standard InChI is InChI=1S/C20H19NO3.C3H6O2.2C2H6/c1-3-14-4-8-16(9-5-14)21-20(23)18-12-19(24-13(18)2)15-6-10-17(22)11-7-15;1-2-5-3-4;2*1-2/h4-12,22H,3H2,1-2H3,(H,21,23);3H,2H2,1H3;2*1-2H3. The van der Waals surface area contributed by atoms with Crippen LogP contribution in [0.25, 0.3) is 11.3 Å². The van der Waals surface area contributed by atoms with Crippen molar-refractivity contribution < 1.29 is 23.8 Å². The van der Waals surface area contributed by atoms with Gasteiger partial charge in [-0.25, -0.2) is 0 Å². The van der Waals surface area contributed by atoms with Crippen molar-refractivity contribution in [1.82, 2.24) is 0 Å². The number of carbonyl (C=O) groups excluding carboxylic acids is 2. The zero-order valence-electron chi connectivity index (χ0n) is 20.8. The van der Waals surface area contributed by atoms with Gasteiger partial charge < -0.3 is 19.6 Å². The summed E-state index contributed by atoms with van der Waals surface area (Å²) in [7, 11) is 0. The van der Waals surface area contributed by atoms with E-state index in [1.54, 1.807) is 44.2 Å². The number of benzene rings is 2. The molecule has 2 N–H and O–H groups in total. The van der Waals surface area contributed by atoms with Gasteiger partial charge in [-0.15, -0.1) is 0 Å². The number of hydrogen-bond acceptors (Lipinski definition) is 5. The van der Waals surface area contributed by atoms with Crippen molar-refractivity contribution in [3.63, 3.8) is 0 Å². The lowest BCUT2D eigenvalue weighted by molar-refractivity contribution is -0.128. The number of aromatic hydroxyl groups is 1. The molecule has 0 saturated heterocycles. The number of hydrogen-bond donors (Lipinski definition) is 2. The Labute approximate surface area is 197 Å². The zero-order valence-corrected chi connectivity index (χ0v) is 20.8. The Morgan fingerprint density at radius 3 is 2.03 bits per heavy atom. The average molecular weight is 456 g/mol. The third-order valence-corrected chi connectivity index (χ3v) is 4.17. The summed E-state index contributed by atoms with van der Waals surface area (Å²) < 4.78 is 9.85. The first-order valence-corrected chi connectivity index (χ1v) is 11.3. The molecule has 6 heteroatoms. The van der Waals surface area contributed by atoms with Crippen molar-refractivity contribution >= 4 is 18.1 Å². The molecule has 1 heterocycles. The molecule has 6 nitrogen and oxygen atoms in total. The number of carbonyl (C=O) groups is 2. The fourth-order valence-electron chi connectivity index (χ4n) is 2.57. The van der Waals surface area contributed by atoms with Crippen LogP contribution < -0.4 is 5.32 Å². The molecule has 0 saturated carbocycles. The molecule has 0 aliphatic heterocycles. The molecule has 2 aromatic carbocycles. The van der Waals surface area contributed by atoms with Gasteiger partial charge in [0.1, 0.15) is 17.3 Å². The number of aryl methyl sites for hydroxylation is 2. The van der Waals surface area contributed by atoms with Crippen LogP contribution in [0.15, 0.2) is 59.0 Å². The van der Waals surface area contributed by atoms with E-state index in [0.29, 0.717) is 30.2 Å². The first kappa shape index (κ1) is 29.5. The van der Waals surface area contributed by atoms with Gasteiger partial charge in [0.2, 0.25) is 0 Å². The minimum atomic E-state index is -0.203. The first-order valence-electron chi connectivity index (χ1n) is 11.3. The largest absolute Gasteiger partial charge is 0.508 e. The molecule has 0 atom stereocenters. The third kappa shape index (κ3) is 10.1. The van der Waals surface area contributed by atoms with E-state index in [1.165, 1.54) is 5.56 Å². The highest BCUT2D eigenvalue weighted by molar-refractivity contribution is 6.05. The van der Waals surface area contributed by atoms with Gasteiger partial charge in [-0.3, -0.25) is 9.59 Å². The Kier molecular flexibility index (Phi) is 15.2. The Morgan fingerprint density at radius 2 is 1.58 bits per heavy atom. The molecule has 1 amide bonds. The van der Waals surface area contributed by atoms with E-state index in [1.807, 2.05) is 52.0 Å². The topological polar surface area (TPSA) is 88.8 Å². The maximum atomic E-state index is 12.5. The van der Waals surface area contributed by atoms with Gasteiger partial charge in [-0.1, -0.05) is 46.8 Å². The number of phenols is 1. The number of furan rings is 1. The van der Waals surface area contributed by atoms with Crippen LogP contribution in [-0.2, 0) is 16.0 Å². The van der Waals surface area contributed by atoms with Gasteiger partial charge in [0.05, 0.1) is 12.2 Å². The summed E-state index contributed by atoms with van der Waals surface area (Å²) in [4.78, 5) is 21.7. The highest BCUT2D eigenvalue weighted by atomic mass is 16.5. The van der Waals surface area contributed by atoms with Crippen LogP contribution in [0.3, 0.4) is 0 Å². The van der Waals surface area contributed by atoms with Crippen LogP contribution in [0.2, 0.25) is 0 Å². The number of anilines is 1.